The Kier molecular flexibility index (Phi) is 8.61. The van der Waals surface area contributed by atoms with Gasteiger partial charge >= 0.3 is 0 Å². The summed E-state index contributed by atoms with van der Waals surface area (Å²) < 4.78 is 0. The average molecular weight is 447 g/mol. The zero-order chi connectivity index (χ0) is 23.0. The lowest BCUT2D eigenvalue weighted by atomic mass is 9.91. The van der Waals surface area contributed by atoms with Crippen LogP contribution in [-0.4, -0.2) is 47.9 Å². The van der Waals surface area contributed by atoms with Gasteiger partial charge in [-0.2, -0.15) is 0 Å². The van der Waals surface area contributed by atoms with Gasteiger partial charge in [-0.1, -0.05) is 56.3 Å². The smallest absolute Gasteiger partial charge is 0.222 e. The number of likely N-dealkylation sites (tertiary alicyclic amines) is 1. The van der Waals surface area contributed by atoms with Crippen molar-refractivity contribution in [2.45, 2.75) is 84.1 Å². The summed E-state index contributed by atoms with van der Waals surface area (Å²) in [4.78, 5) is 17.9. The maximum atomic E-state index is 13.2. The summed E-state index contributed by atoms with van der Waals surface area (Å²) in [6.45, 7) is 8.57. The van der Waals surface area contributed by atoms with Crippen LogP contribution >= 0.6 is 0 Å². The van der Waals surface area contributed by atoms with E-state index in [9.17, 15) is 4.79 Å². The average Bonchev–Trinajstić information content (AvgIpc) is 2.84. The van der Waals surface area contributed by atoms with Crippen LogP contribution in [0.2, 0.25) is 0 Å². The number of carbonyl (C=O) groups is 1. The highest BCUT2D eigenvalue weighted by Crippen LogP contribution is 2.23. The monoisotopic (exact) mass is 446 g/mol. The van der Waals surface area contributed by atoms with E-state index in [4.69, 9.17) is 0 Å². The van der Waals surface area contributed by atoms with E-state index in [1.54, 1.807) is 0 Å². The number of rotatable bonds is 8. The largest absolute Gasteiger partial charge is 0.338 e. The van der Waals surface area contributed by atoms with Crippen molar-refractivity contribution in [3.63, 3.8) is 0 Å². The molecule has 1 amide bonds. The Hall–Kier alpha value is -2.13. The molecule has 0 N–H and O–H groups in total. The maximum Gasteiger partial charge on any atom is 0.222 e. The number of hydrogen-bond donors (Lipinski definition) is 0. The number of hydrogen-bond acceptors (Lipinski definition) is 2. The van der Waals surface area contributed by atoms with Gasteiger partial charge in [-0.25, -0.2) is 0 Å². The highest BCUT2D eigenvalue weighted by molar-refractivity contribution is 5.76. The van der Waals surface area contributed by atoms with E-state index in [0.717, 1.165) is 77.5 Å². The van der Waals surface area contributed by atoms with Gasteiger partial charge in [-0.05, 0) is 98.7 Å². The Labute approximate surface area is 201 Å². The second-order valence-electron chi connectivity index (χ2n) is 10.00. The highest BCUT2D eigenvalue weighted by atomic mass is 16.2. The van der Waals surface area contributed by atoms with Crippen molar-refractivity contribution in [2.24, 2.45) is 0 Å². The van der Waals surface area contributed by atoms with Crippen molar-refractivity contribution in [2.75, 3.05) is 26.2 Å². The van der Waals surface area contributed by atoms with Crippen LogP contribution in [0.5, 0.6) is 0 Å². The predicted molar refractivity (Wildman–Crippen MR) is 138 cm³/mol. The topological polar surface area (TPSA) is 23.6 Å². The van der Waals surface area contributed by atoms with Crippen LogP contribution in [0.3, 0.4) is 0 Å². The van der Waals surface area contributed by atoms with Gasteiger partial charge in [0.2, 0.25) is 5.91 Å². The van der Waals surface area contributed by atoms with Crippen molar-refractivity contribution in [3.05, 3.63) is 70.3 Å². The number of benzene rings is 2. The summed E-state index contributed by atoms with van der Waals surface area (Å²) in [6, 6.07) is 16.7. The van der Waals surface area contributed by atoms with E-state index in [1.165, 1.54) is 34.2 Å². The standard InChI is InChI=1S/C30H42N2O/c1-3-31(4-2)23-29-9-5-6-21-32(29)30(33)10-7-8-28-22-26-16-15-24-11-13-25(14-12-24)17-19-27(28)20-18-26/h11-14,18,20,22,29H,3-10,15-17,19,21,23H2,1-2H3. The summed E-state index contributed by atoms with van der Waals surface area (Å²) >= 11 is 0. The van der Waals surface area contributed by atoms with Crippen molar-refractivity contribution < 1.29 is 4.79 Å². The Bertz CT molecular complexity index is 900. The van der Waals surface area contributed by atoms with Gasteiger partial charge in [0.05, 0.1) is 0 Å². The number of piperidine rings is 1. The SMILES string of the molecule is CCN(CC)CC1CCCCN1C(=O)CCCc1cc2ccc1CCc1ccc(cc1)CC2. The zero-order valence-corrected chi connectivity index (χ0v) is 20.8. The molecule has 5 aliphatic rings. The minimum atomic E-state index is 0.374. The molecule has 1 fully saturated rings. The van der Waals surface area contributed by atoms with Crippen molar-refractivity contribution in [3.8, 4) is 0 Å². The summed E-state index contributed by atoms with van der Waals surface area (Å²) in [5, 5.41) is 0. The molecule has 0 radical (unpaired) electrons. The molecule has 0 aromatic heterocycles. The summed E-state index contributed by atoms with van der Waals surface area (Å²) in [6.07, 6.45) is 10.6. The van der Waals surface area contributed by atoms with E-state index in [-0.39, 0.29) is 0 Å². The fourth-order valence-corrected chi connectivity index (χ4v) is 5.62. The van der Waals surface area contributed by atoms with Crippen molar-refractivity contribution >= 4 is 5.91 Å². The molecule has 1 aliphatic heterocycles. The fraction of sp³-hybridized carbons (Fsp3) is 0.567. The van der Waals surface area contributed by atoms with Crippen molar-refractivity contribution in [1.29, 1.82) is 0 Å². The number of likely N-dealkylation sites (N-methyl/N-ethyl adjacent to an activating group) is 1. The second-order valence-corrected chi connectivity index (χ2v) is 10.00. The third-order valence-electron chi connectivity index (χ3n) is 7.83. The molecule has 1 atom stereocenters. The number of aryl methyl sites for hydroxylation is 5. The molecule has 3 nitrogen and oxygen atoms in total. The van der Waals surface area contributed by atoms with Gasteiger partial charge in [-0.3, -0.25) is 4.79 Å². The van der Waals surface area contributed by atoms with Gasteiger partial charge in [-0.15, -0.1) is 0 Å². The molecule has 4 aliphatic carbocycles. The number of nitrogens with zero attached hydrogens (tertiary/aromatic N) is 2. The molecule has 1 unspecified atom stereocenters. The Morgan fingerprint density at radius 2 is 1.58 bits per heavy atom. The van der Waals surface area contributed by atoms with Crippen LogP contribution in [0.15, 0.2) is 42.5 Å². The van der Waals surface area contributed by atoms with Gasteiger partial charge in [0.1, 0.15) is 0 Å². The van der Waals surface area contributed by atoms with Crippen LogP contribution in [-0.2, 0) is 36.9 Å². The third kappa shape index (κ3) is 6.47. The summed E-state index contributed by atoms with van der Waals surface area (Å²) in [5.41, 5.74) is 7.21. The molecule has 2 aromatic carbocycles. The molecule has 2 aromatic rings. The molecule has 0 spiro atoms. The predicted octanol–water partition coefficient (Wildman–Crippen LogP) is 5.62. The van der Waals surface area contributed by atoms with Crippen LogP contribution < -0.4 is 0 Å². The van der Waals surface area contributed by atoms with Gasteiger partial charge < -0.3 is 9.80 Å². The molecule has 3 heteroatoms. The van der Waals surface area contributed by atoms with E-state index >= 15 is 0 Å². The molecule has 0 saturated carbocycles. The van der Waals surface area contributed by atoms with E-state index < -0.39 is 0 Å². The zero-order valence-electron chi connectivity index (χ0n) is 20.8. The molecule has 178 valence electrons. The fourth-order valence-electron chi connectivity index (χ4n) is 5.62. The van der Waals surface area contributed by atoms with Gasteiger partial charge in [0, 0.05) is 25.6 Å². The first kappa shape index (κ1) is 24.0. The first-order chi connectivity index (χ1) is 16.2. The second kappa shape index (κ2) is 11.8. The van der Waals surface area contributed by atoms with Crippen LogP contribution in [0.25, 0.3) is 0 Å². The Morgan fingerprint density at radius 3 is 2.30 bits per heavy atom. The van der Waals surface area contributed by atoms with Gasteiger partial charge in [0.15, 0.2) is 0 Å². The molecule has 1 heterocycles. The lowest BCUT2D eigenvalue weighted by Crippen LogP contribution is -2.49. The van der Waals surface area contributed by atoms with Gasteiger partial charge in [0.25, 0.3) is 0 Å². The van der Waals surface area contributed by atoms with E-state index in [2.05, 4.69) is 66.1 Å². The summed E-state index contributed by atoms with van der Waals surface area (Å²) in [5.74, 6) is 0.374. The number of carbonyl (C=O) groups excluding carboxylic acids is 1. The Balaban J connectivity index is 1.37. The lowest BCUT2D eigenvalue weighted by Gasteiger charge is -2.38. The van der Waals surface area contributed by atoms with Crippen LogP contribution in [0.4, 0.5) is 0 Å². The molecule has 4 bridgehead atoms. The molecule has 33 heavy (non-hydrogen) atoms. The van der Waals surface area contributed by atoms with Crippen molar-refractivity contribution in [1.82, 2.24) is 9.80 Å². The van der Waals surface area contributed by atoms with E-state index in [0.29, 0.717) is 18.4 Å². The summed E-state index contributed by atoms with van der Waals surface area (Å²) in [7, 11) is 0. The molecule has 7 rings (SSSR count). The highest BCUT2D eigenvalue weighted by Gasteiger charge is 2.27. The Morgan fingerprint density at radius 1 is 0.909 bits per heavy atom. The quantitative estimate of drug-likeness (QED) is 0.526. The normalized spacial score (nSPS) is 18.4. The first-order valence-electron chi connectivity index (χ1n) is 13.4. The lowest BCUT2D eigenvalue weighted by molar-refractivity contribution is -0.135. The molecule has 1 saturated heterocycles. The molecular weight excluding hydrogens is 404 g/mol. The maximum absolute atomic E-state index is 13.2. The van der Waals surface area contributed by atoms with E-state index in [1.807, 2.05) is 0 Å². The van der Waals surface area contributed by atoms with Crippen LogP contribution in [0, 0.1) is 0 Å². The molecular formula is C30H42N2O. The first-order valence-corrected chi connectivity index (χ1v) is 13.4. The minimum Gasteiger partial charge on any atom is -0.338 e. The minimum absolute atomic E-state index is 0.374. The third-order valence-corrected chi connectivity index (χ3v) is 7.83. The van der Waals surface area contributed by atoms with Crippen LogP contribution in [0.1, 0.15) is 73.8 Å². The number of amides is 1.